The largest absolute Gasteiger partial charge is 0.453 e. The second-order valence-corrected chi connectivity index (χ2v) is 7.20. The van der Waals surface area contributed by atoms with E-state index < -0.39 is 0 Å². The van der Waals surface area contributed by atoms with Gasteiger partial charge in [-0.25, -0.2) is 4.79 Å². The fourth-order valence-corrected chi connectivity index (χ4v) is 4.21. The SMILES string of the molecule is COC(=O)N1CCC[C@H](C(=O)N2CCCCC[C@H]2c2cccn2C)C1. The van der Waals surface area contributed by atoms with Gasteiger partial charge in [0.1, 0.15) is 0 Å². The summed E-state index contributed by atoms with van der Waals surface area (Å²) >= 11 is 0. The molecule has 2 saturated heterocycles. The number of likely N-dealkylation sites (tertiary alicyclic amines) is 2. The molecule has 0 aromatic carbocycles. The third-order valence-electron chi connectivity index (χ3n) is 5.56. The molecule has 6 nitrogen and oxygen atoms in total. The van der Waals surface area contributed by atoms with Gasteiger partial charge in [0, 0.05) is 38.6 Å². The lowest BCUT2D eigenvalue weighted by Crippen LogP contribution is -2.47. The molecule has 2 aliphatic rings. The molecule has 0 bridgehead atoms. The Labute approximate surface area is 149 Å². The highest BCUT2D eigenvalue weighted by molar-refractivity contribution is 5.80. The first-order valence-corrected chi connectivity index (χ1v) is 9.36. The van der Waals surface area contributed by atoms with Crippen molar-refractivity contribution in [3.63, 3.8) is 0 Å². The van der Waals surface area contributed by atoms with Gasteiger partial charge in [-0.05, 0) is 37.8 Å². The van der Waals surface area contributed by atoms with E-state index in [1.165, 1.54) is 19.2 Å². The van der Waals surface area contributed by atoms with Crippen LogP contribution in [0.3, 0.4) is 0 Å². The summed E-state index contributed by atoms with van der Waals surface area (Å²) in [6.07, 6.45) is 7.81. The van der Waals surface area contributed by atoms with Crippen molar-refractivity contribution in [2.24, 2.45) is 13.0 Å². The fraction of sp³-hybridized carbons (Fsp3) is 0.684. The number of ether oxygens (including phenoxy) is 1. The van der Waals surface area contributed by atoms with Crippen LogP contribution in [0.2, 0.25) is 0 Å². The number of amides is 2. The normalized spacial score (nSPS) is 24.7. The first kappa shape index (κ1) is 17.8. The van der Waals surface area contributed by atoms with Crippen LogP contribution in [0.25, 0.3) is 0 Å². The van der Waals surface area contributed by atoms with Crippen molar-refractivity contribution < 1.29 is 14.3 Å². The average Bonchev–Trinajstić information content (AvgIpc) is 2.92. The third-order valence-corrected chi connectivity index (χ3v) is 5.56. The molecule has 2 fully saturated rings. The van der Waals surface area contributed by atoms with Gasteiger partial charge < -0.3 is 19.1 Å². The van der Waals surface area contributed by atoms with Gasteiger partial charge in [-0.2, -0.15) is 0 Å². The molecule has 25 heavy (non-hydrogen) atoms. The first-order valence-electron chi connectivity index (χ1n) is 9.36. The van der Waals surface area contributed by atoms with E-state index in [-0.39, 0.29) is 24.0 Å². The summed E-state index contributed by atoms with van der Waals surface area (Å²) in [6, 6.07) is 4.31. The Balaban J connectivity index is 1.78. The smallest absolute Gasteiger partial charge is 0.409 e. The number of carbonyl (C=O) groups excluding carboxylic acids is 2. The van der Waals surface area contributed by atoms with E-state index in [1.54, 1.807) is 4.90 Å². The number of rotatable bonds is 2. The van der Waals surface area contributed by atoms with Gasteiger partial charge in [-0.1, -0.05) is 12.8 Å². The van der Waals surface area contributed by atoms with Crippen molar-refractivity contribution in [2.45, 2.75) is 44.6 Å². The molecule has 3 rings (SSSR count). The Morgan fingerprint density at radius 3 is 2.68 bits per heavy atom. The molecule has 0 unspecified atom stereocenters. The molecule has 0 aliphatic carbocycles. The molecule has 1 aromatic heterocycles. The molecule has 6 heteroatoms. The standard InChI is InChI=1S/C19H29N3O3/c1-20-11-7-10-16(20)17-9-4-3-5-13-22(17)18(23)15-8-6-12-21(14-15)19(24)25-2/h7,10-11,15,17H,3-6,8-9,12-14H2,1-2H3/t15-,17-/m0/s1. The maximum Gasteiger partial charge on any atom is 0.409 e. The zero-order valence-corrected chi connectivity index (χ0v) is 15.3. The van der Waals surface area contributed by atoms with Gasteiger partial charge in [-0.15, -0.1) is 0 Å². The molecule has 3 heterocycles. The van der Waals surface area contributed by atoms with Crippen LogP contribution in [-0.4, -0.2) is 53.1 Å². The minimum Gasteiger partial charge on any atom is -0.453 e. The zero-order chi connectivity index (χ0) is 17.8. The van der Waals surface area contributed by atoms with Crippen molar-refractivity contribution in [1.29, 1.82) is 0 Å². The van der Waals surface area contributed by atoms with Crippen LogP contribution >= 0.6 is 0 Å². The highest BCUT2D eigenvalue weighted by Gasteiger charge is 2.35. The summed E-state index contributed by atoms with van der Waals surface area (Å²) < 4.78 is 6.96. The van der Waals surface area contributed by atoms with E-state index in [0.29, 0.717) is 13.1 Å². The van der Waals surface area contributed by atoms with Crippen LogP contribution < -0.4 is 0 Å². The molecular weight excluding hydrogens is 318 g/mol. The van der Waals surface area contributed by atoms with Crippen molar-refractivity contribution in [2.75, 3.05) is 26.7 Å². The van der Waals surface area contributed by atoms with Crippen molar-refractivity contribution >= 4 is 12.0 Å². The van der Waals surface area contributed by atoms with Crippen LogP contribution in [0, 0.1) is 5.92 Å². The minimum absolute atomic E-state index is 0.117. The van der Waals surface area contributed by atoms with Gasteiger partial charge in [0.05, 0.1) is 19.1 Å². The van der Waals surface area contributed by atoms with Crippen LogP contribution in [-0.2, 0) is 16.6 Å². The number of nitrogens with zero attached hydrogens (tertiary/aromatic N) is 3. The van der Waals surface area contributed by atoms with Crippen molar-refractivity contribution in [1.82, 2.24) is 14.4 Å². The monoisotopic (exact) mass is 347 g/mol. The molecular formula is C19H29N3O3. The zero-order valence-electron chi connectivity index (χ0n) is 15.3. The molecule has 0 saturated carbocycles. The number of aryl methyl sites for hydroxylation is 1. The average molecular weight is 347 g/mol. The Morgan fingerprint density at radius 2 is 1.96 bits per heavy atom. The maximum absolute atomic E-state index is 13.3. The van der Waals surface area contributed by atoms with E-state index >= 15 is 0 Å². The predicted molar refractivity (Wildman–Crippen MR) is 95.0 cm³/mol. The molecule has 2 atom stereocenters. The lowest BCUT2D eigenvalue weighted by Gasteiger charge is -2.37. The van der Waals surface area contributed by atoms with Gasteiger partial charge in [0.25, 0.3) is 0 Å². The Morgan fingerprint density at radius 1 is 1.12 bits per heavy atom. The second-order valence-electron chi connectivity index (χ2n) is 7.20. The summed E-state index contributed by atoms with van der Waals surface area (Å²) in [7, 11) is 3.44. The fourth-order valence-electron chi connectivity index (χ4n) is 4.21. The number of carbonyl (C=O) groups is 2. The predicted octanol–water partition coefficient (Wildman–Crippen LogP) is 2.95. The third kappa shape index (κ3) is 3.83. The lowest BCUT2D eigenvalue weighted by molar-refractivity contribution is -0.139. The Kier molecular flexibility index (Phi) is 5.66. The van der Waals surface area contributed by atoms with E-state index in [1.807, 2.05) is 19.3 Å². The van der Waals surface area contributed by atoms with Gasteiger partial charge in [0.2, 0.25) is 5.91 Å². The second kappa shape index (κ2) is 7.93. The molecule has 0 radical (unpaired) electrons. The molecule has 138 valence electrons. The lowest BCUT2D eigenvalue weighted by atomic mass is 9.95. The summed E-state index contributed by atoms with van der Waals surface area (Å²) in [6.45, 7) is 1.96. The summed E-state index contributed by atoms with van der Waals surface area (Å²) in [5.74, 6) is 0.0791. The highest BCUT2D eigenvalue weighted by atomic mass is 16.5. The quantitative estimate of drug-likeness (QED) is 0.826. The summed E-state index contributed by atoms with van der Waals surface area (Å²) in [5.41, 5.74) is 1.20. The van der Waals surface area contributed by atoms with E-state index in [9.17, 15) is 9.59 Å². The van der Waals surface area contributed by atoms with Crippen LogP contribution in [0.5, 0.6) is 0 Å². The molecule has 0 N–H and O–H groups in total. The van der Waals surface area contributed by atoms with Crippen LogP contribution in [0.15, 0.2) is 18.3 Å². The topological polar surface area (TPSA) is 54.8 Å². The number of aromatic nitrogens is 1. The molecule has 2 amide bonds. The van der Waals surface area contributed by atoms with Crippen molar-refractivity contribution in [3.8, 4) is 0 Å². The minimum atomic E-state index is -0.327. The first-order chi connectivity index (χ1) is 12.1. The van der Waals surface area contributed by atoms with E-state index in [2.05, 4.69) is 15.5 Å². The molecule has 0 spiro atoms. The van der Waals surface area contributed by atoms with E-state index in [4.69, 9.17) is 4.74 Å². The molecule has 1 aromatic rings. The number of hydrogen-bond acceptors (Lipinski definition) is 3. The number of methoxy groups -OCH3 is 1. The van der Waals surface area contributed by atoms with Gasteiger partial charge in [0.15, 0.2) is 0 Å². The van der Waals surface area contributed by atoms with Crippen LogP contribution in [0.4, 0.5) is 4.79 Å². The highest BCUT2D eigenvalue weighted by Crippen LogP contribution is 2.32. The number of hydrogen-bond donors (Lipinski definition) is 0. The summed E-state index contributed by atoms with van der Waals surface area (Å²) in [5, 5.41) is 0. The van der Waals surface area contributed by atoms with Gasteiger partial charge in [-0.3, -0.25) is 4.79 Å². The number of piperidine rings is 1. The van der Waals surface area contributed by atoms with E-state index in [0.717, 1.165) is 38.6 Å². The van der Waals surface area contributed by atoms with Gasteiger partial charge >= 0.3 is 6.09 Å². The van der Waals surface area contributed by atoms with Crippen molar-refractivity contribution in [3.05, 3.63) is 24.0 Å². The molecule has 2 aliphatic heterocycles. The Hall–Kier alpha value is -1.98. The Bertz CT molecular complexity index is 613. The maximum atomic E-state index is 13.3. The summed E-state index contributed by atoms with van der Waals surface area (Å²) in [4.78, 5) is 28.9. The van der Waals surface area contributed by atoms with Crippen LogP contribution in [0.1, 0.15) is 50.3 Å².